The van der Waals surface area contributed by atoms with Gasteiger partial charge >= 0.3 is 0 Å². The fourth-order valence-electron chi connectivity index (χ4n) is 3.91. The first-order chi connectivity index (χ1) is 12.7. The molecule has 0 unspecified atom stereocenters. The number of amides is 2. The second-order valence-electron chi connectivity index (χ2n) is 7.30. The highest BCUT2D eigenvalue weighted by molar-refractivity contribution is 5.85. The number of hydrogen-bond donors (Lipinski definition) is 0. The Kier molecular flexibility index (Phi) is 4.91. The summed E-state index contributed by atoms with van der Waals surface area (Å²) < 4.78 is 5.89. The van der Waals surface area contributed by atoms with Crippen LogP contribution in [-0.2, 0) is 9.59 Å². The van der Waals surface area contributed by atoms with Crippen LogP contribution in [0.4, 0.5) is 0 Å². The minimum Gasteiger partial charge on any atom is -0.440 e. The van der Waals surface area contributed by atoms with E-state index in [0.717, 1.165) is 49.1 Å². The maximum absolute atomic E-state index is 12.6. The van der Waals surface area contributed by atoms with Gasteiger partial charge < -0.3 is 14.2 Å². The second-order valence-corrected chi connectivity index (χ2v) is 7.30. The molecule has 2 saturated heterocycles. The van der Waals surface area contributed by atoms with Gasteiger partial charge in [-0.15, -0.1) is 0 Å². The second kappa shape index (κ2) is 7.48. The summed E-state index contributed by atoms with van der Waals surface area (Å²) in [5.41, 5.74) is 1.71. The zero-order chi connectivity index (χ0) is 17.9. The van der Waals surface area contributed by atoms with Crippen LogP contribution >= 0.6 is 0 Å². The quantitative estimate of drug-likeness (QED) is 0.849. The van der Waals surface area contributed by atoms with E-state index in [1.165, 1.54) is 0 Å². The van der Waals surface area contributed by atoms with Crippen molar-refractivity contribution < 1.29 is 14.0 Å². The van der Waals surface area contributed by atoms with Crippen LogP contribution in [0.15, 0.2) is 28.7 Å². The lowest BCUT2D eigenvalue weighted by Gasteiger charge is -2.32. The van der Waals surface area contributed by atoms with Gasteiger partial charge in [0.25, 0.3) is 0 Å². The molecule has 0 spiro atoms. The summed E-state index contributed by atoms with van der Waals surface area (Å²) in [6.07, 6.45) is 5.30. The number of hydrogen-bond acceptors (Lipinski definition) is 4. The Morgan fingerprint density at radius 3 is 2.73 bits per heavy atom. The maximum atomic E-state index is 12.6. The van der Waals surface area contributed by atoms with Crippen molar-refractivity contribution in [1.29, 1.82) is 0 Å². The third-order valence-electron chi connectivity index (χ3n) is 5.50. The highest BCUT2D eigenvalue weighted by atomic mass is 16.3. The van der Waals surface area contributed by atoms with Gasteiger partial charge in [0, 0.05) is 32.0 Å². The minimum atomic E-state index is 0.0660. The molecule has 138 valence electrons. The number of fused-ring (bicyclic) bond motifs is 1. The molecule has 6 nitrogen and oxygen atoms in total. The summed E-state index contributed by atoms with van der Waals surface area (Å²) in [5.74, 6) is 1.22. The van der Waals surface area contributed by atoms with Crippen molar-refractivity contribution in [2.45, 2.75) is 44.4 Å². The van der Waals surface area contributed by atoms with E-state index < -0.39 is 0 Å². The zero-order valence-corrected chi connectivity index (χ0v) is 15.0. The average Bonchev–Trinajstić information content (AvgIpc) is 3.00. The summed E-state index contributed by atoms with van der Waals surface area (Å²) in [5, 5.41) is 0. The van der Waals surface area contributed by atoms with Crippen molar-refractivity contribution in [3.05, 3.63) is 30.2 Å². The first kappa shape index (κ1) is 17.1. The largest absolute Gasteiger partial charge is 0.440 e. The molecule has 6 heteroatoms. The van der Waals surface area contributed by atoms with Crippen molar-refractivity contribution in [2.24, 2.45) is 0 Å². The van der Waals surface area contributed by atoms with Gasteiger partial charge in [0.1, 0.15) is 5.52 Å². The van der Waals surface area contributed by atoms with Crippen LogP contribution in [-0.4, -0.2) is 52.8 Å². The van der Waals surface area contributed by atoms with E-state index in [9.17, 15) is 9.59 Å². The van der Waals surface area contributed by atoms with E-state index in [4.69, 9.17) is 4.42 Å². The molecule has 0 aliphatic carbocycles. The normalized spacial score (nSPS) is 19.8. The lowest BCUT2D eigenvalue weighted by atomic mass is 9.96. The summed E-state index contributed by atoms with van der Waals surface area (Å²) >= 11 is 0. The number of carbonyl (C=O) groups excluding carboxylic acids is 2. The smallest absolute Gasteiger partial charge is 0.242 e. The molecule has 0 saturated carbocycles. The molecule has 2 fully saturated rings. The lowest BCUT2D eigenvalue weighted by molar-refractivity contribution is -0.140. The molecule has 4 rings (SSSR count). The molecular weight excluding hydrogens is 330 g/mol. The van der Waals surface area contributed by atoms with Crippen LogP contribution in [0, 0.1) is 0 Å². The molecule has 26 heavy (non-hydrogen) atoms. The number of carbonyl (C=O) groups is 2. The van der Waals surface area contributed by atoms with E-state index >= 15 is 0 Å². The Labute approximate surface area is 153 Å². The van der Waals surface area contributed by atoms with Crippen LogP contribution in [0.5, 0.6) is 0 Å². The van der Waals surface area contributed by atoms with Crippen LogP contribution in [0.25, 0.3) is 11.1 Å². The Morgan fingerprint density at radius 1 is 1.12 bits per heavy atom. The van der Waals surface area contributed by atoms with Crippen LogP contribution in [0.1, 0.15) is 50.3 Å². The highest BCUT2D eigenvalue weighted by Gasteiger charge is 2.28. The molecule has 0 atom stereocenters. The summed E-state index contributed by atoms with van der Waals surface area (Å²) in [7, 11) is 0. The number of oxazole rings is 1. The highest BCUT2D eigenvalue weighted by Crippen LogP contribution is 2.30. The van der Waals surface area contributed by atoms with Crippen LogP contribution in [0.3, 0.4) is 0 Å². The van der Waals surface area contributed by atoms with Gasteiger partial charge in [0.05, 0.1) is 6.54 Å². The van der Waals surface area contributed by atoms with E-state index in [1.807, 2.05) is 29.2 Å². The topological polar surface area (TPSA) is 66.7 Å². The maximum Gasteiger partial charge on any atom is 0.242 e. The lowest BCUT2D eigenvalue weighted by Crippen LogP contribution is -2.45. The van der Waals surface area contributed by atoms with Crippen molar-refractivity contribution >= 4 is 22.9 Å². The number of aromatic nitrogens is 1. The molecule has 0 N–H and O–H groups in total. The predicted molar refractivity (Wildman–Crippen MR) is 97.6 cm³/mol. The molecule has 2 aliphatic heterocycles. The van der Waals surface area contributed by atoms with Crippen molar-refractivity contribution in [2.75, 3.05) is 26.2 Å². The van der Waals surface area contributed by atoms with Gasteiger partial charge in [-0.05, 0) is 37.8 Å². The zero-order valence-electron chi connectivity index (χ0n) is 15.0. The number of likely N-dealkylation sites (tertiary alicyclic amines) is 2. The fourth-order valence-corrected chi connectivity index (χ4v) is 3.91. The van der Waals surface area contributed by atoms with Gasteiger partial charge in [-0.2, -0.15) is 0 Å². The molecule has 2 amide bonds. The summed E-state index contributed by atoms with van der Waals surface area (Å²) in [4.78, 5) is 32.9. The van der Waals surface area contributed by atoms with E-state index in [-0.39, 0.29) is 24.3 Å². The Morgan fingerprint density at radius 2 is 1.92 bits per heavy atom. The average molecular weight is 355 g/mol. The van der Waals surface area contributed by atoms with Gasteiger partial charge in [-0.25, -0.2) is 4.98 Å². The molecule has 1 aromatic heterocycles. The van der Waals surface area contributed by atoms with Crippen molar-refractivity contribution in [1.82, 2.24) is 14.8 Å². The number of piperidine rings is 1. The minimum absolute atomic E-state index is 0.0660. The van der Waals surface area contributed by atoms with E-state index in [0.29, 0.717) is 26.1 Å². The molecule has 3 heterocycles. The number of rotatable bonds is 3. The number of para-hydroxylation sites is 2. The third-order valence-corrected chi connectivity index (χ3v) is 5.50. The number of benzene rings is 1. The monoisotopic (exact) mass is 355 g/mol. The van der Waals surface area contributed by atoms with Crippen molar-refractivity contribution in [3.63, 3.8) is 0 Å². The van der Waals surface area contributed by atoms with Gasteiger partial charge in [0.2, 0.25) is 11.8 Å². The fraction of sp³-hybridized carbons (Fsp3) is 0.550. The molecule has 2 aliphatic rings. The van der Waals surface area contributed by atoms with Crippen LogP contribution in [0.2, 0.25) is 0 Å². The molecule has 1 aromatic carbocycles. The first-order valence-electron chi connectivity index (χ1n) is 9.62. The standard InChI is InChI=1S/C20H25N3O3/c24-18-8-2-1-5-11-23(18)14-19(25)22-12-9-15(10-13-22)20-21-16-6-3-4-7-17(16)26-20/h3-4,6-7,15H,1-2,5,8-14H2. The Hall–Kier alpha value is -2.37. The Balaban J connectivity index is 1.34. The number of nitrogens with zero attached hydrogens (tertiary/aromatic N) is 3. The molecule has 2 aromatic rings. The van der Waals surface area contributed by atoms with E-state index in [1.54, 1.807) is 4.90 Å². The SMILES string of the molecule is O=C(CN1CCCCCC1=O)N1CCC(c2nc3ccccc3o2)CC1. The molecule has 0 bridgehead atoms. The first-order valence-corrected chi connectivity index (χ1v) is 9.62. The van der Waals surface area contributed by atoms with Crippen LogP contribution < -0.4 is 0 Å². The molecular formula is C20H25N3O3. The summed E-state index contributed by atoms with van der Waals surface area (Å²) in [6.45, 7) is 2.34. The predicted octanol–water partition coefficient (Wildman–Crippen LogP) is 2.94. The van der Waals surface area contributed by atoms with Gasteiger partial charge in [-0.3, -0.25) is 9.59 Å². The summed E-state index contributed by atoms with van der Waals surface area (Å²) in [6, 6.07) is 7.80. The van der Waals surface area contributed by atoms with Gasteiger partial charge in [-0.1, -0.05) is 18.6 Å². The third kappa shape index (κ3) is 3.59. The van der Waals surface area contributed by atoms with Gasteiger partial charge in [0.15, 0.2) is 11.5 Å². The molecule has 0 radical (unpaired) electrons. The van der Waals surface area contributed by atoms with E-state index in [2.05, 4.69) is 4.98 Å². The Bertz CT molecular complexity index is 759. The van der Waals surface area contributed by atoms with Crippen molar-refractivity contribution in [3.8, 4) is 0 Å².